The number of carbonyl (C=O) groups is 1. The fourth-order valence-corrected chi connectivity index (χ4v) is 2.95. The molecule has 0 atom stereocenters. The van der Waals surface area contributed by atoms with E-state index in [0.29, 0.717) is 8.26 Å². The van der Waals surface area contributed by atoms with E-state index >= 15 is 0 Å². The number of aliphatic carboxylic acids is 1. The average molecular weight is 364 g/mol. The van der Waals surface area contributed by atoms with Gasteiger partial charge in [-0.2, -0.15) is 0 Å². The van der Waals surface area contributed by atoms with Crippen LogP contribution in [0.25, 0.3) is 0 Å². The van der Waals surface area contributed by atoms with Crippen molar-refractivity contribution in [2.24, 2.45) is 0 Å². The zero-order valence-corrected chi connectivity index (χ0v) is 11.3. The largest absolute Gasteiger partial charge is 0.481 e. The van der Waals surface area contributed by atoms with Crippen molar-refractivity contribution in [2.75, 3.05) is 0 Å². The second-order valence-electron chi connectivity index (χ2n) is 2.83. The monoisotopic (exact) mass is 362 g/mol. The van der Waals surface area contributed by atoms with Crippen LogP contribution in [0.4, 0.5) is 8.78 Å². The number of halogens is 4. The molecule has 1 N–H and O–H groups in total. The highest BCUT2D eigenvalue weighted by Gasteiger charge is 2.34. The Hall–Kier alpha value is -0.0100. The maximum Gasteiger partial charge on any atom is 0.303 e. The summed E-state index contributed by atoms with van der Waals surface area (Å²) in [6.45, 7) is 0. The third-order valence-electron chi connectivity index (χ3n) is 1.66. The zero-order chi connectivity index (χ0) is 11.6. The van der Waals surface area contributed by atoms with Crippen LogP contribution in [-0.4, -0.2) is 11.1 Å². The van der Waals surface area contributed by atoms with Gasteiger partial charge in [-0.25, -0.2) is 8.78 Å². The second-order valence-corrected chi connectivity index (χ2v) is 6.05. The molecule has 0 unspecified atom stereocenters. The third kappa shape index (κ3) is 3.49. The van der Waals surface area contributed by atoms with Crippen molar-refractivity contribution in [3.8, 4) is 0 Å². The number of carboxylic acids is 1. The van der Waals surface area contributed by atoms with Gasteiger partial charge in [0.15, 0.2) is 0 Å². The van der Waals surface area contributed by atoms with E-state index in [1.807, 2.05) is 0 Å². The van der Waals surface area contributed by atoms with Crippen LogP contribution in [-0.2, 0) is 10.7 Å². The summed E-state index contributed by atoms with van der Waals surface area (Å²) < 4.78 is 28.0. The van der Waals surface area contributed by atoms with Crippen LogP contribution in [0.15, 0.2) is 14.3 Å². The van der Waals surface area contributed by atoms with Gasteiger partial charge in [0, 0.05) is 10.9 Å². The zero-order valence-electron chi connectivity index (χ0n) is 7.27. The highest BCUT2D eigenvalue weighted by molar-refractivity contribution is 9.13. The summed E-state index contributed by atoms with van der Waals surface area (Å²) in [6.07, 6.45) is -1.22. The number of alkyl halides is 2. The van der Waals surface area contributed by atoms with Gasteiger partial charge in [-0.3, -0.25) is 4.79 Å². The molecule has 1 heterocycles. The van der Waals surface area contributed by atoms with Gasteiger partial charge in [-0.05, 0) is 37.9 Å². The molecule has 0 aliphatic heterocycles. The standard InChI is InChI=1S/C8H6Br2F2O2S/c9-4-3-5(15-7(4)10)8(11,12)2-1-6(13)14/h3H,1-2H2,(H,13,14). The number of rotatable bonds is 4. The lowest BCUT2D eigenvalue weighted by Crippen LogP contribution is -2.13. The van der Waals surface area contributed by atoms with E-state index in [1.165, 1.54) is 6.07 Å². The van der Waals surface area contributed by atoms with E-state index in [0.717, 1.165) is 11.3 Å². The SMILES string of the molecule is O=C(O)CCC(F)(F)c1cc(Br)c(Br)s1. The quantitative estimate of drug-likeness (QED) is 0.869. The first-order chi connectivity index (χ1) is 6.83. The van der Waals surface area contributed by atoms with Crippen LogP contribution in [0, 0.1) is 0 Å². The molecule has 7 heteroatoms. The smallest absolute Gasteiger partial charge is 0.303 e. The van der Waals surface area contributed by atoms with E-state index in [4.69, 9.17) is 5.11 Å². The van der Waals surface area contributed by atoms with Crippen LogP contribution in [0.1, 0.15) is 17.7 Å². The molecule has 84 valence electrons. The second kappa shape index (κ2) is 4.88. The molecule has 0 radical (unpaired) electrons. The summed E-state index contributed by atoms with van der Waals surface area (Å²) in [6, 6.07) is 1.30. The van der Waals surface area contributed by atoms with E-state index < -0.39 is 24.7 Å². The van der Waals surface area contributed by atoms with E-state index in [-0.39, 0.29) is 4.88 Å². The first kappa shape index (κ1) is 13.1. The maximum absolute atomic E-state index is 13.4. The number of hydrogen-bond donors (Lipinski definition) is 1. The molecular formula is C8H6Br2F2O2S. The summed E-state index contributed by atoms with van der Waals surface area (Å²) in [7, 11) is 0. The molecule has 1 rings (SSSR count). The lowest BCUT2D eigenvalue weighted by atomic mass is 10.1. The molecule has 1 aromatic heterocycles. The molecule has 0 fully saturated rings. The van der Waals surface area contributed by atoms with Crippen molar-refractivity contribution in [3.63, 3.8) is 0 Å². The molecular weight excluding hydrogens is 358 g/mol. The van der Waals surface area contributed by atoms with Gasteiger partial charge in [0.2, 0.25) is 0 Å². The van der Waals surface area contributed by atoms with E-state index in [2.05, 4.69) is 31.9 Å². The highest BCUT2D eigenvalue weighted by atomic mass is 79.9. The number of hydrogen-bond acceptors (Lipinski definition) is 2. The van der Waals surface area contributed by atoms with E-state index in [9.17, 15) is 13.6 Å². The summed E-state index contributed by atoms with van der Waals surface area (Å²) in [5.74, 6) is -4.30. The Bertz CT molecular complexity index is 359. The van der Waals surface area contributed by atoms with Crippen LogP contribution < -0.4 is 0 Å². The first-order valence-corrected chi connectivity index (χ1v) is 6.28. The van der Waals surface area contributed by atoms with Crippen molar-refractivity contribution in [1.29, 1.82) is 0 Å². The third-order valence-corrected chi connectivity index (χ3v) is 5.03. The summed E-state index contributed by atoms with van der Waals surface area (Å²) in [5.41, 5.74) is 0. The molecule has 0 spiro atoms. The van der Waals surface area contributed by atoms with Crippen LogP contribution in [0.3, 0.4) is 0 Å². The van der Waals surface area contributed by atoms with Gasteiger partial charge in [-0.15, -0.1) is 11.3 Å². The van der Waals surface area contributed by atoms with Gasteiger partial charge in [0.1, 0.15) is 0 Å². The van der Waals surface area contributed by atoms with Crippen LogP contribution >= 0.6 is 43.2 Å². The maximum atomic E-state index is 13.4. The molecule has 0 aromatic carbocycles. The molecule has 0 saturated carbocycles. The minimum atomic E-state index is -3.09. The van der Waals surface area contributed by atoms with Gasteiger partial charge >= 0.3 is 5.97 Å². The van der Waals surface area contributed by atoms with Gasteiger partial charge in [0.25, 0.3) is 5.92 Å². The molecule has 2 nitrogen and oxygen atoms in total. The average Bonchev–Trinajstić information content (AvgIpc) is 2.45. The Balaban J connectivity index is 2.80. The fraction of sp³-hybridized carbons (Fsp3) is 0.375. The van der Waals surface area contributed by atoms with Crippen LogP contribution in [0.2, 0.25) is 0 Å². The van der Waals surface area contributed by atoms with Crippen molar-refractivity contribution in [2.45, 2.75) is 18.8 Å². The predicted octanol–water partition coefficient (Wildman–Crippen LogP) is 4.23. The fourth-order valence-electron chi connectivity index (χ4n) is 0.914. The molecule has 0 aliphatic carbocycles. The Morgan fingerprint density at radius 3 is 2.53 bits per heavy atom. The van der Waals surface area contributed by atoms with E-state index in [1.54, 1.807) is 0 Å². The summed E-state index contributed by atoms with van der Waals surface area (Å²) >= 11 is 7.11. The van der Waals surface area contributed by atoms with Crippen LogP contribution in [0.5, 0.6) is 0 Å². The molecule has 0 bridgehead atoms. The Morgan fingerprint density at radius 2 is 2.13 bits per heavy atom. The summed E-state index contributed by atoms with van der Waals surface area (Å²) in [5, 5.41) is 8.34. The number of thiophene rings is 1. The number of carboxylic acid groups (broad SMARTS) is 1. The van der Waals surface area contributed by atoms with Crippen molar-refractivity contribution < 1.29 is 18.7 Å². The van der Waals surface area contributed by atoms with Gasteiger partial charge in [0.05, 0.1) is 15.1 Å². The van der Waals surface area contributed by atoms with Crippen molar-refractivity contribution >= 4 is 49.2 Å². The molecule has 0 aliphatic rings. The van der Waals surface area contributed by atoms with Crippen molar-refractivity contribution in [1.82, 2.24) is 0 Å². The minimum absolute atomic E-state index is 0.137. The predicted molar refractivity (Wildman–Crippen MR) is 60.5 cm³/mol. The molecule has 0 amide bonds. The minimum Gasteiger partial charge on any atom is -0.481 e. The normalized spacial score (nSPS) is 11.7. The van der Waals surface area contributed by atoms with Gasteiger partial charge < -0.3 is 5.11 Å². The summed E-state index contributed by atoms with van der Waals surface area (Å²) in [4.78, 5) is 10.1. The molecule has 0 saturated heterocycles. The highest BCUT2D eigenvalue weighted by Crippen LogP contribution is 2.42. The first-order valence-electron chi connectivity index (χ1n) is 3.88. The Kier molecular flexibility index (Phi) is 4.25. The Morgan fingerprint density at radius 1 is 1.53 bits per heavy atom. The van der Waals surface area contributed by atoms with Crippen molar-refractivity contribution in [3.05, 3.63) is 19.2 Å². The lowest BCUT2D eigenvalue weighted by Gasteiger charge is -2.12. The molecule has 1 aromatic rings. The Labute approximate surface area is 106 Å². The topological polar surface area (TPSA) is 37.3 Å². The lowest BCUT2D eigenvalue weighted by molar-refractivity contribution is -0.139. The molecule has 15 heavy (non-hydrogen) atoms. The van der Waals surface area contributed by atoms with Gasteiger partial charge in [-0.1, -0.05) is 0 Å².